The number of amides is 1. The van der Waals surface area contributed by atoms with E-state index in [1.165, 1.54) is 0 Å². The number of carbonyl (C=O) groups excluding carboxylic acids is 1. The van der Waals surface area contributed by atoms with E-state index in [2.05, 4.69) is 15.3 Å². The van der Waals surface area contributed by atoms with Crippen molar-refractivity contribution in [2.45, 2.75) is 33.4 Å². The van der Waals surface area contributed by atoms with Gasteiger partial charge in [0.1, 0.15) is 0 Å². The second kappa shape index (κ2) is 5.97. The molecule has 1 amide bonds. The number of aromatic nitrogens is 2. The Balaban J connectivity index is 2.75. The molecule has 0 aromatic carbocycles. The van der Waals surface area contributed by atoms with Crippen molar-refractivity contribution < 1.29 is 4.79 Å². The average Bonchev–Trinajstić information content (AvgIpc) is 2.27. The summed E-state index contributed by atoms with van der Waals surface area (Å²) in [4.78, 5) is 21.8. The summed E-state index contributed by atoms with van der Waals surface area (Å²) in [7, 11) is 3.77. The molecule has 0 aliphatic heterocycles. The van der Waals surface area contributed by atoms with E-state index in [4.69, 9.17) is 5.73 Å². The molecule has 0 aliphatic carbocycles. The van der Waals surface area contributed by atoms with Gasteiger partial charge in [-0.15, -0.1) is 0 Å². The summed E-state index contributed by atoms with van der Waals surface area (Å²) in [5, 5.41) is 3.16. The molecule has 6 heteroatoms. The quantitative estimate of drug-likeness (QED) is 0.811. The molecule has 0 aliphatic rings. The highest BCUT2D eigenvalue weighted by molar-refractivity contribution is 5.80. The molecule has 1 rings (SSSR count). The van der Waals surface area contributed by atoms with Gasteiger partial charge in [0.25, 0.3) is 0 Å². The van der Waals surface area contributed by atoms with Gasteiger partial charge in [-0.1, -0.05) is 20.8 Å². The predicted octanol–water partition coefficient (Wildman–Crippen LogP) is 0.532. The number of nitrogens with two attached hydrogens (primary N) is 1. The zero-order valence-corrected chi connectivity index (χ0v) is 12.3. The van der Waals surface area contributed by atoms with Crippen LogP contribution < -0.4 is 16.0 Å². The van der Waals surface area contributed by atoms with Crippen molar-refractivity contribution >= 4 is 11.9 Å². The number of hydrogen-bond donors (Lipinski definition) is 2. The minimum atomic E-state index is -0.398. The minimum absolute atomic E-state index is 0.233. The molecule has 1 aromatic rings. The van der Waals surface area contributed by atoms with E-state index in [0.29, 0.717) is 12.5 Å². The molecule has 0 unspecified atom stereocenters. The minimum Gasteiger partial charge on any atom is -0.368 e. The summed E-state index contributed by atoms with van der Waals surface area (Å²) in [6, 6.07) is 1.42. The van der Waals surface area contributed by atoms with Crippen molar-refractivity contribution in [2.24, 2.45) is 11.1 Å². The Hall–Kier alpha value is -1.69. The van der Waals surface area contributed by atoms with Crippen molar-refractivity contribution in [1.29, 1.82) is 0 Å². The number of anilines is 1. The molecule has 6 nitrogen and oxygen atoms in total. The van der Waals surface area contributed by atoms with Crippen molar-refractivity contribution in [1.82, 2.24) is 15.3 Å². The van der Waals surface area contributed by atoms with Crippen LogP contribution in [0.25, 0.3) is 0 Å². The van der Waals surface area contributed by atoms with Gasteiger partial charge in [-0.05, 0) is 11.5 Å². The molecule has 19 heavy (non-hydrogen) atoms. The molecule has 1 aromatic heterocycles. The summed E-state index contributed by atoms with van der Waals surface area (Å²) in [6.07, 6.45) is 1.70. The first-order chi connectivity index (χ1) is 8.71. The van der Waals surface area contributed by atoms with E-state index in [-0.39, 0.29) is 11.3 Å². The van der Waals surface area contributed by atoms with E-state index in [9.17, 15) is 4.79 Å². The van der Waals surface area contributed by atoms with Crippen molar-refractivity contribution in [3.8, 4) is 0 Å². The monoisotopic (exact) mass is 265 g/mol. The fourth-order valence-corrected chi connectivity index (χ4v) is 1.74. The summed E-state index contributed by atoms with van der Waals surface area (Å²) in [5.74, 6) is 0.292. The lowest BCUT2D eigenvalue weighted by atomic mass is 9.86. The molecule has 0 radical (unpaired) electrons. The smallest absolute Gasteiger partial charge is 0.235 e. The first-order valence-corrected chi connectivity index (χ1v) is 6.23. The number of carbonyl (C=O) groups is 1. The highest BCUT2D eigenvalue weighted by atomic mass is 16.1. The predicted molar refractivity (Wildman–Crippen MR) is 75.6 cm³/mol. The third-order valence-corrected chi connectivity index (χ3v) is 2.74. The third kappa shape index (κ3) is 4.48. The van der Waals surface area contributed by atoms with E-state index >= 15 is 0 Å². The molecule has 0 saturated carbocycles. The van der Waals surface area contributed by atoms with Crippen molar-refractivity contribution in [3.05, 3.63) is 18.0 Å². The van der Waals surface area contributed by atoms with E-state index in [1.807, 2.05) is 45.8 Å². The van der Waals surface area contributed by atoms with E-state index < -0.39 is 6.04 Å². The van der Waals surface area contributed by atoms with Crippen LogP contribution in [0.4, 0.5) is 5.95 Å². The number of nitrogens with one attached hydrogen (secondary N) is 1. The molecule has 0 saturated heterocycles. The zero-order valence-electron chi connectivity index (χ0n) is 12.3. The molecule has 0 bridgehead atoms. The van der Waals surface area contributed by atoms with Gasteiger partial charge < -0.3 is 10.6 Å². The number of hydrogen-bond acceptors (Lipinski definition) is 5. The van der Waals surface area contributed by atoms with Crippen molar-refractivity contribution in [3.63, 3.8) is 0 Å². The Labute approximate surface area is 114 Å². The largest absolute Gasteiger partial charge is 0.368 e. The van der Waals surface area contributed by atoms with Crippen LogP contribution in [0.2, 0.25) is 0 Å². The summed E-state index contributed by atoms with van der Waals surface area (Å²) >= 11 is 0. The maximum absolute atomic E-state index is 11.5. The molecule has 106 valence electrons. The van der Waals surface area contributed by atoms with Gasteiger partial charge in [-0.2, -0.15) is 0 Å². The fourth-order valence-electron chi connectivity index (χ4n) is 1.74. The summed E-state index contributed by atoms with van der Waals surface area (Å²) in [5.41, 5.74) is 6.02. The van der Waals surface area contributed by atoms with Crippen LogP contribution in [0.5, 0.6) is 0 Å². The molecule has 1 atom stereocenters. The van der Waals surface area contributed by atoms with Gasteiger partial charge in [0.2, 0.25) is 11.9 Å². The maximum Gasteiger partial charge on any atom is 0.235 e. The Kier molecular flexibility index (Phi) is 4.83. The Morgan fingerprint density at radius 2 is 2.11 bits per heavy atom. The Morgan fingerprint density at radius 1 is 1.47 bits per heavy atom. The van der Waals surface area contributed by atoms with Gasteiger partial charge in [0.15, 0.2) is 0 Å². The number of rotatable bonds is 5. The fraction of sp³-hybridized carbons (Fsp3) is 0.615. The van der Waals surface area contributed by atoms with Gasteiger partial charge in [0, 0.05) is 26.8 Å². The third-order valence-electron chi connectivity index (χ3n) is 2.74. The number of nitrogens with zero attached hydrogens (tertiary/aromatic N) is 3. The van der Waals surface area contributed by atoms with Crippen LogP contribution in [-0.2, 0) is 11.3 Å². The van der Waals surface area contributed by atoms with Gasteiger partial charge in [-0.3, -0.25) is 10.1 Å². The number of primary amides is 1. The van der Waals surface area contributed by atoms with Crippen LogP contribution in [0, 0.1) is 5.41 Å². The maximum atomic E-state index is 11.5. The second-order valence-electron chi connectivity index (χ2n) is 5.82. The SMILES string of the molecule is CN(C)c1nccc(CN[C@H](C(N)=O)C(C)(C)C)n1. The lowest BCUT2D eigenvalue weighted by Gasteiger charge is -2.28. The lowest BCUT2D eigenvalue weighted by Crippen LogP contribution is -2.49. The van der Waals surface area contributed by atoms with E-state index in [1.54, 1.807) is 6.20 Å². The van der Waals surface area contributed by atoms with Crippen LogP contribution in [-0.4, -0.2) is 36.0 Å². The van der Waals surface area contributed by atoms with Gasteiger partial charge in [0.05, 0.1) is 11.7 Å². The van der Waals surface area contributed by atoms with Crippen molar-refractivity contribution in [2.75, 3.05) is 19.0 Å². The average molecular weight is 265 g/mol. The van der Waals surface area contributed by atoms with E-state index in [0.717, 1.165) is 5.69 Å². The molecule has 1 heterocycles. The lowest BCUT2D eigenvalue weighted by molar-refractivity contribution is -0.122. The zero-order chi connectivity index (χ0) is 14.6. The van der Waals surface area contributed by atoms with Crippen LogP contribution in [0.3, 0.4) is 0 Å². The standard InChI is InChI=1S/C13H23N5O/c1-13(2,3)10(11(14)19)16-8-9-6-7-15-12(17-9)18(4)5/h6-7,10,16H,8H2,1-5H3,(H2,14,19)/t10-/m1/s1. The molecule has 0 spiro atoms. The molecule has 3 N–H and O–H groups in total. The Morgan fingerprint density at radius 3 is 2.58 bits per heavy atom. The first kappa shape index (κ1) is 15.4. The van der Waals surface area contributed by atoms with Crippen LogP contribution in [0.1, 0.15) is 26.5 Å². The molecular weight excluding hydrogens is 242 g/mol. The normalized spacial score (nSPS) is 13.1. The Bertz CT molecular complexity index is 439. The second-order valence-corrected chi connectivity index (χ2v) is 5.82. The molecule has 0 fully saturated rings. The molecular formula is C13H23N5O. The highest BCUT2D eigenvalue weighted by Gasteiger charge is 2.29. The highest BCUT2D eigenvalue weighted by Crippen LogP contribution is 2.19. The summed E-state index contributed by atoms with van der Waals surface area (Å²) in [6.45, 7) is 6.40. The van der Waals surface area contributed by atoms with Gasteiger partial charge in [-0.25, -0.2) is 9.97 Å². The summed E-state index contributed by atoms with van der Waals surface area (Å²) < 4.78 is 0. The topological polar surface area (TPSA) is 84.1 Å². The first-order valence-electron chi connectivity index (χ1n) is 6.23. The van der Waals surface area contributed by atoms with Crippen LogP contribution >= 0.6 is 0 Å². The van der Waals surface area contributed by atoms with Gasteiger partial charge >= 0.3 is 0 Å². The van der Waals surface area contributed by atoms with Crippen LogP contribution in [0.15, 0.2) is 12.3 Å².